The molecule has 3 aromatic rings. The van der Waals surface area contributed by atoms with Crippen molar-refractivity contribution in [1.29, 1.82) is 0 Å². The Bertz CT molecular complexity index is 1190. The quantitative estimate of drug-likeness (QED) is 0.655. The Morgan fingerprint density at radius 2 is 1.70 bits per heavy atom. The SMILES string of the molecule is Cc1[nH]nc(-c2c(C)sc(C)c2S(=O)(=O)N2CCN(c3ccccc3F)CC2)c1C. The molecule has 1 aliphatic heterocycles. The summed E-state index contributed by atoms with van der Waals surface area (Å²) < 4.78 is 42.9. The van der Waals surface area contributed by atoms with E-state index in [1.54, 1.807) is 18.2 Å². The third kappa shape index (κ3) is 3.44. The van der Waals surface area contributed by atoms with Gasteiger partial charge in [-0.15, -0.1) is 11.3 Å². The zero-order chi connectivity index (χ0) is 21.6. The first-order valence-electron chi connectivity index (χ1n) is 9.83. The van der Waals surface area contributed by atoms with Gasteiger partial charge < -0.3 is 4.90 Å². The first kappa shape index (κ1) is 21.0. The molecule has 4 rings (SSSR count). The number of sulfonamides is 1. The maximum Gasteiger partial charge on any atom is 0.244 e. The number of hydrogen-bond donors (Lipinski definition) is 1. The molecule has 1 aliphatic rings. The average Bonchev–Trinajstić information content (AvgIpc) is 3.20. The minimum absolute atomic E-state index is 0.287. The minimum Gasteiger partial charge on any atom is -0.367 e. The van der Waals surface area contributed by atoms with Crippen LogP contribution in [-0.2, 0) is 10.0 Å². The predicted molar refractivity (Wildman–Crippen MR) is 118 cm³/mol. The van der Waals surface area contributed by atoms with Gasteiger partial charge in [0.15, 0.2) is 0 Å². The van der Waals surface area contributed by atoms with Crippen molar-refractivity contribution in [3.05, 3.63) is 51.1 Å². The number of rotatable bonds is 4. The van der Waals surface area contributed by atoms with Gasteiger partial charge >= 0.3 is 0 Å². The molecule has 1 aromatic carbocycles. The molecule has 1 fully saturated rings. The van der Waals surface area contributed by atoms with Crippen molar-refractivity contribution >= 4 is 27.0 Å². The van der Waals surface area contributed by atoms with Crippen LogP contribution in [0.15, 0.2) is 29.2 Å². The van der Waals surface area contributed by atoms with Gasteiger partial charge in [0.05, 0.1) is 11.4 Å². The highest BCUT2D eigenvalue weighted by molar-refractivity contribution is 7.89. The van der Waals surface area contributed by atoms with E-state index in [1.165, 1.54) is 21.7 Å². The molecule has 1 N–H and O–H groups in total. The Labute approximate surface area is 180 Å². The lowest BCUT2D eigenvalue weighted by Crippen LogP contribution is -2.49. The van der Waals surface area contributed by atoms with E-state index in [4.69, 9.17) is 0 Å². The zero-order valence-corrected chi connectivity index (χ0v) is 19.1. The van der Waals surface area contributed by atoms with Gasteiger partial charge in [-0.25, -0.2) is 12.8 Å². The van der Waals surface area contributed by atoms with Gasteiger partial charge in [0.1, 0.15) is 10.7 Å². The summed E-state index contributed by atoms with van der Waals surface area (Å²) in [6, 6.07) is 6.60. The van der Waals surface area contributed by atoms with Gasteiger partial charge in [0.2, 0.25) is 10.0 Å². The smallest absolute Gasteiger partial charge is 0.244 e. The number of hydrogen-bond acceptors (Lipinski definition) is 5. The number of thiophene rings is 1. The monoisotopic (exact) mass is 448 g/mol. The number of aromatic amines is 1. The van der Waals surface area contributed by atoms with Crippen molar-refractivity contribution < 1.29 is 12.8 Å². The molecule has 0 radical (unpaired) electrons. The second-order valence-electron chi connectivity index (χ2n) is 7.58. The Morgan fingerprint density at radius 1 is 1.03 bits per heavy atom. The average molecular weight is 449 g/mol. The largest absolute Gasteiger partial charge is 0.367 e. The van der Waals surface area contributed by atoms with E-state index in [0.717, 1.165) is 21.0 Å². The first-order chi connectivity index (χ1) is 14.2. The summed E-state index contributed by atoms with van der Waals surface area (Å²) in [6.07, 6.45) is 0. The molecule has 0 atom stereocenters. The molecule has 30 heavy (non-hydrogen) atoms. The Morgan fingerprint density at radius 3 is 2.30 bits per heavy atom. The molecule has 0 aliphatic carbocycles. The van der Waals surface area contributed by atoms with Crippen LogP contribution in [0.25, 0.3) is 11.3 Å². The molecule has 0 spiro atoms. The standard InChI is InChI=1S/C21H25FN4O2S2/c1-13-14(2)23-24-20(13)19-15(3)29-16(4)21(19)30(27,28)26-11-9-25(10-12-26)18-8-6-5-7-17(18)22/h5-8H,9-12H2,1-4H3,(H,23,24). The molecule has 3 heterocycles. The number of benzene rings is 1. The van der Waals surface area contributed by atoms with E-state index in [2.05, 4.69) is 10.2 Å². The second-order valence-corrected chi connectivity index (χ2v) is 10.9. The number of para-hydroxylation sites is 1. The topological polar surface area (TPSA) is 69.3 Å². The summed E-state index contributed by atoms with van der Waals surface area (Å²) in [5.41, 5.74) is 3.78. The number of aryl methyl sites for hydroxylation is 3. The Hall–Kier alpha value is -2.23. The number of nitrogens with zero attached hydrogens (tertiary/aromatic N) is 3. The maximum absolute atomic E-state index is 14.1. The molecule has 9 heteroatoms. The number of piperazine rings is 1. The van der Waals surface area contributed by atoms with Crippen molar-refractivity contribution in [2.24, 2.45) is 0 Å². The van der Waals surface area contributed by atoms with Gasteiger partial charge in [-0.3, -0.25) is 5.10 Å². The zero-order valence-electron chi connectivity index (χ0n) is 17.5. The highest BCUT2D eigenvalue weighted by Crippen LogP contribution is 2.41. The van der Waals surface area contributed by atoms with E-state index in [-0.39, 0.29) is 5.82 Å². The lowest BCUT2D eigenvalue weighted by atomic mass is 10.1. The number of H-pyrrole nitrogens is 1. The molecular formula is C21H25FN4O2S2. The second kappa shape index (κ2) is 7.79. The van der Waals surface area contributed by atoms with Gasteiger partial charge in [0.25, 0.3) is 0 Å². The van der Waals surface area contributed by atoms with Crippen LogP contribution in [-0.4, -0.2) is 49.1 Å². The lowest BCUT2D eigenvalue weighted by molar-refractivity contribution is 0.383. The minimum atomic E-state index is -3.70. The van der Waals surface area contributed by atoms with Crippen molar-refractivity contribution in [1.82, 2.24) is 14.5 Å². The molecule has 6 nitrogen and oxygen atoms in total. The molecule has 0 unspecified atom stereocenters. The third-order valence-corrected chi connectivity index (χ3v) is 8.95. The van der Waals surface area contributed by atoms with E-state index in [9.17, 15) is 12.8 Å². The Balaban J connectivity index is 1.66. The molecular weight excluding hydrogens is 423 g/mol. The van der Waals surface area contributed by atoms with Crippen LogP contribution in [0.1, 0.15) is 21.0 Å². The fourth-order valence-corrected chi connectivity index (χ4v) is 7.22. The molecule has 2 aromatic heterocycles. The van der Waals surface area contributed by atoms with Crippen LogP contribution < -0.4 is 4.90 Å². The van der Waals surface area contributed by atoms with Crippen LogP contribution >= 0.6 is 11.3 Å². The first-order valence-corrected chi connectivity index (χ1v) is 12.1. The third-order valence-electron chi connectivity index (χ3n) is 5.72. The molecule has 1 saturated heterocycles. The van der Waals surface area contributed by atoms with E-state index in [0.29, 0.717) is 48.0 Å². The van der Waals surface area contributed by atoms with Crippen molar-refractivity contribution in [2.75, 3.05) is 31.1 Å². The fourth-order valence-electron chi connectivity index (χ4n) is 3.98. The molecule has 160 valence electrons. The Kier molecular flexibility index (Phi) is 5.46. The van der Waals surface area contributed by atoms with Crippen LogP contribution in [0.5, 0.6) is 0 Å². The van der Waals surface area contributed by atoms with Crippen LogP contribution in [0.2, 0.25) is 0 Å². The highest BCUT2D eigenvalue weighted by Gasteiger charge is 2.35. The van der Waals surface area contributed by atoms with Crippen molar-refractivity contribution in [3.63, 3.8) is 0 Å². The number of anilines is 1. The van der Waals surface area contributed by atoms with Crippen LogP contribution in [0, 0.1) is 33.5 Å². The summed E-state index contributed by atoms with van der Waals surface area (Å²) >= 11 is 1.48. The van der Waals surface area contributed by atoms with Crippen molar-refractivity contribution in [3.8, 4) is 11.3 Å². The summed E-state index contributed by atoms with van der Waals surface area (Å²) in [6.45, 7) is 9.16. The van der Waals surface area contributed by atoms with Gasteiger partial charge in [-0.2, -0.15) is 9.40 Å². The summed E-state index contributed by atoms with van der Waals surface area (Å²) in [7, 11) is -3.70. The molecule has 0 bridgehead atoms. The van der Waals surface area contributed by atoms with E-state index in [1.807, 2.05) is 32.6 Å². The van der Waals surface area contributed by atoms with E-state index >= 15 is 0 Å². The normalized spacial score (nSPS) is 15.7. The summed E-state index contributed by atoms with van der Waals surface area (Å²) in [4.78, 5) is 3.94. The number of aromatic nitrogens is 2. The highest BCUT2D eigenvalue weighted by atomic mass is 32.2. The summed E-state index contributed by atoms with van der Waals surface area (Å²) in [5, 5.41) is 7.35. The predicted octanol–water partition coefficient (Wildman–Crippen LogP) is 4.02. The maximum atomic E-state index is 14.1. The van der Waals surface area contributed by atoms with Gasteiger partial charge in [-0.1, -0.05) is 12.1 Å². The molecule has 0 amide bonds. The number of halogens is 1. The summed E-state index contributed by atoms with van der Waals surface area (Å²) in [5.74, 6) is -0.287. The number of nitrogens with one attached hydrogen (secondary N) is 1. The van der Waals surface area contributed by atoms with E-state index < -0.39 is 10.0 Å². The van der Waals surface area contributed by atoms with Gasteiger partial charge in [-0.05, 0) is 45.4 Å². The molecule has 0 saturated carbocycles. The lowest BCUT2D eigenvalue weighted by Gasteiger charge is -2.35. The fraction of sp³-hybridized carbons (Fsp3) is 0.381. The van der Waals surface area contributed by atoms with Crippen molar-refractivity contribution in [2.45, 2.75) is 32.6 Å². The van der Waals surface area contributed by atoms with Gasteiger partial charge in [0, 0.05) is 47.2 Å². The van der Waals surface area contributed by atoms with Crippen LogP contribution in [0.4, 0.5) is 10.1 Å². The van der Waals surface area contributed by atoms with Crippen LogP contribution in [0.3, 0.4) is 0 Å².